The van der Waals surface area contributed by atoms with Gasteiger partial charge in [-0.3, -0.25) is 4.79 Å². The maximum atomic E-state index is 12.2. The number of nitrogens with zero attached hydrogens (tertiary/aromatic N) is 1. The largest absolute Gasteiger partial charge is 0.495 e. The maximum Gasteiger partial charge on any atom is 0.222 e. The van der Waals surface area contributed by atoms with Crippen molar-refractivity contribution in [3.63, 3.8) is 0 Å². The lowest BCUT2D eigenvalue weighted by molar-refractivity contribution is -0.131. The van der Waals surface area contributed by atoms with Crippen LogP contribution in [0.25, 0.3) is 0 Å². The van der Waals surface area contributed by atoms with Gasteiger partial charge in [0.2, 0.25) is 5.91 Å². The molecule has 1 aromatic carbocycles. The highest BCUT2D eigenvalue weighted by Gasteiger charge is 2.17. The van der Waals surface area contributed by atoms with Crippen LogP contribution in [0.3, 0.4) is 0 Å². The average molecular weight is 311 g/mol. The van der Waals surface area contributed by atoms with Gasteiger partial charge in [0.05, 0.1) is 12.1 Å². The van der Waals surface area contributed by atoms with E-state index in [0.717, 1.165) is 38.2 Å². The van der Waals surface area contributed by atoms with E-state index in [-0.39, 0.29) is 5.91 Å². The number of halogens is 1. The van der Waals surface area contributed by atoms with E-state index in [4.69, 9.17) is 16.3 Å². The smallest absolute Gasteiger partial charge is 0.222 e. The lowest BCUT2D eigenvalue weighted by Crippen LogP contribution is -2.46. The van der Waals surface area contributed by atoms with Crippen LogP contribution in [0, 0.1) is 0 Å². The molecule has 1 N–H and O–H groups in total. The molecule has 1 aromatic rings. The van der Waals surface area contributed by atoms with Crippen LogP contribution in [-0.4, -0.2) is 44.1 Å². The molecule has 0 bridgehead atoms. The van der Waals surface area contributed by atoms with E-state index in [1.165, 1.54) is 0 Å². The van der Waals surface area contributed by atoms with Crippen LogP contribution in [0.4, 0.5) is 0 Å². The molecular formula is C16H23ClN2O2. The molecule has 1 heterocycles. The van der Waals surface area contributed by atoms with Gasteiger partial charge in [-0.15, -0.1) is 0 Å². The third-order valence-electron chi connectivity index (χ3n) is 4.01. The molecule has 1 atom stereocenters. The molecule has 116 valence electrons. The summed E-state index contributed by atoms with van der Waals surface area (Å²) in [6.07, 6.45) is 1.43. The van der Waals surface area contributed by atoms with E-state index < -0.39 is 0 Å². The maximum absolute atomic E-state index is 12.2. The van der Waals surface area contributed by atoms with E-state index in [1.54, 1.807) is 7.11 Å². The van der Waals surface area contributed by atoms with Gasteiger partial charge < -0.3 is 15.0 Å². The van der Waals surface area contributed by atoms with Crippen LogP contribution >= 0.6 is 11.6 Å². The minimum absolute atomic E-state index is 0.253. The Hall–Kier alpha value is -1.26. The number of amides is 1. The fourth-order valence-corrected chi connectivity index (χ4v) is 2.83. The summed E-state index contributed by atoms with van der Waals surface area (Å²) in [6, 6.07) is 5.83. The van der Waals surface area contributed by atoms with Gasteiger partial charge in [0.1, 0.15) is 5.75 Å². The Bertz CT molecular complexity index is 487. The Balaban J connectivity index is 1.87. The van der Waals surface area contributed by atoms with Crippen LogP contribution in [0.5, 0.6) is 5.75 Å². The van der Waals surface area contributed by atoms with Gasteiger partial charge >= 0.3 is 0 Å². The van der Waals surface area contributed by atoms with Gasteiger partial charge in [-0.2, -0.15) is 0 Å². The van der Waals surface area contributed by atoms with Gasteiger partial charge in [0.25, 0.3) is 0 Å². The number of hydrogen-bond acceptors (Lipinski definition) is 3. The molecule has 0 aliphatic carbocycles. The van der Waals surface area contributed by atoms with Crippen molar-refractivity contribution in [2.24, 2.45) is 0 Å². The zero-order chi connectivity index (χ0) is 15.2. The first kappa shape index (κ1) is 16.1. The fraction of sp³-hybridized carbons (Fsp3) is 0.562. The second kappa shape index (κ2) is 7.66. The van der Waals surface area contributed by atoms with Crippen LogP contribution in [0.2, 0.25) is 5.02 Å². The Labute approximate surface area is 131 Å². The van der Waals surface area contributed by atoms with Crippen molar-refractivity contribution in [1.82, 2.24) is 10.2 Å². The molecule has 1 unspecified atom stereocenters. The molecule has 1 saturated heterocycles. The van der Waals surface area contributed by atoms with Gasteiger partial charge in [-0.05, 0) is 30.0 Å². The first-order chi connectivity index (χ1) is 10.1. The Morgan fingerprint density at radius 2 is 2.14 bits per heavy atom. The number of carbonyl (C=O) groups is 1. The van der Waals surface area contributed by atoms with Crippen molar-refractivity contribution in [2.75, 3.05) is 33.3 Å². The zero-order valence-corrected chi connectivity index (χ0v) is 13.4. The molecule has 1 amide bonds. The quantitative estimate of drug-likeness (QED) is 0.909. The van der Waals surface area contributed by atoms with Crippen molar-refractivity contribution in [2.45, 2.75) is 25.7 Å². The topological polar surface area (TPSA) is 41.6 Å². The lowest BCUT2D eigenvalue weighted by Gasteiger charge is -2.28. The van der Waals surface area contributed by atoms with E-state index in [2.05, 4.69) is 12.2 Å². The van der Waals surface area contributed by atoms with Crippen molar-refractivity contribution in [3.8, 4) is 5.75 Å². The van der Waals surface area contributed by atoms with E-state index >= 15 is 0 Å². The lowest BCUT2D eigenvalue weighted by atomic mass is 9.96. The summed E-state index contributed by atoms with van der Waals surface area (Å²) in [4.78, 5) is 14.1. The number of nitrogens with one attached hydrogen (secondary N) is 1. The number of rotatable bonds is 5. The highest BCUT2D eigenvalue weighted by Crippen LogP contribution is 2.30. The summed E-state index contributed by atoms with van der Waals surface area (Å²) in [5, 5.41) is 3.88. The second-order valence-corrected chi connectivity index (χ2v) is 5.87. The summed E-state index contributed by atoms with van der Waals surface area (Å²) < 4.78 is 5.16. The summed E-state index contributed by atoms with van der Waals surface area (Å²) in [6.45, 7) is 5.57. The molecule has 1 aliphatic heterocycles. The molecular weight excluding hydrogens is 288 g/mol. The molecule has 4 nitrogen and oxygen atoms in total. The molecule has 0 spiro atoms. The Morgan fingerprint density at radius 1 is 1.43 bits per heavy atom. The van der Waals surface area contributed by atoms with Crippen molar-refractivity contribution < 1.29 is 9.53 Å². The number of carbonyl (C=O) groups excluding carboxylic acids is 1. The Kier molecular flexibility index (Phi) is 5.88. The molecule has 5 heteroatoms. The molecule has 1 fully saturated rings. The van der Waals surface area contributed by atoms with Crippen molar-refractivity contribution in [3.05, 3.63) is 28.8 Å². The summed E-state index contributed by atoms with van der Waals surface area (Å²) >= 11 is 6.15. The van der Waals surface area contributed by atoms with E-state index in [0.29, 0.717) is 23.1 Å². The van der Waals surface area contributed by atoms with Crippen LogP contribution in [0.1, 0.15) is 31.2 Å². The van der Waals surface area contributed by atoms with Gasteiger partial charge in [-0.25, -0.2) is 0 Å². The first-order valence-corrected chi connectivity index (χ1v) is 7.81. The van der Waals surface area contributed by atoms with Crippen molar-refractivity contribution >= 4 is 17.5 Å². The zero-order valence-electron chi connectivity index (χ0n) is 12.7. The minimum atomic E-state index is 0.253. The van der Waals surface area contributed by atoms with Gasteiger partial charge in [-0.1, -0.05) is 24.6 Å². The third kappa shape index (κ3) is 4.35. The predicted octanol–water partition coefficient (Wildman–Crippen LogP) is 2.66. The Morgan fingerprint density at radius 3 is 2.76 bits per heavy atom. The first-order valence-electron chi connectivity index (χ1n) is 7.43. The summed E-state index contributed by atoms with van der Waals surface area (Å²) in [5.41, 5.74) is 1.15. The summed E-state index contributed by atoms with van der Waals surface area (Å²) in [7, 11) is 1.61. The van der Waals surface area contributed by atoms with E-state index in [9.17, 15) is 4.79 Å². The molecule has 21 heavy (non-hydrogen) atoms. The number of ether oxygens (including phenoxy) is 1. The average Bonchev–Trinajstić information content (AvgIpc) is 2.53. The minimum Gasteiger partial charge on any atom is -0.495 e. The van der Waals surface area contributed by atoms with Gasteiger partial charge in [0.15, 0.2) is 0 Å². The summed E-state index contributed by atoms with van der Waals surface area (Å²) in [5.74, 6) is 1.24. The second-order valence-electron chi connectivity index (χ2n) is 5.46. The molecule has 0 radical (unpaired) electrons. The number of benzene rings is 1. The number of hydrogen-bond donors (Lipinski definition) is 1. The highest BCUT2D eigenvalue weighted by atomic mass is 35.5. The van der Waals surface area contributed by atoms with Crippen LogP contribution in [-0.2, 0) is 4.79 Å². The van der Waals surface area contributed by atoms with Crippen molar-refractivity contribution in [1.29, 1.82) is 0 Å². The highest BCUT2D eigenvalue weighted by molar-refractivity contribution is 6.32. The van der Waals surface area contributed by atoms with Crippen LogP contribution in [0.15, 0.2) is 18.2 Å². The third-order valence-corrected chi connectivity index (χ3v) is 4.30. The number of piperazine rings is 1. The van der Waals surface area contributed by atoms with E-state index in [1.807, 2.05) is 23.1 Å². The van der Waals surface area contributed by atoms with Gasteiger partial charge in [0, 0.05) is 32.6 Å². The molecule has 0 saturated carbocycles. The fourth-order valence-electron chi connectivity index (χ4n) is 2.57. The van der Waals surface area contributed by atoms with Crippen LogP contribution < -0.4 is 10.1 Å². The predicted molar refractivity (Wildman–Crippen MR) is 85.1 cm³/mol. The number of methoxy groups -OCH3 is 1. The standard InChI is InChI=1S/C16H23ClN2O2/c1-12(13-4-5-15(21-2)14(17)11-13)3-6-16(20)19-9-7-18-8-10-19/h4-5,11-12,18H,3,6-10H2,1-2H3. The monoisotopic (exact) mass is 310 g/mol. The SMILES string of the molecule is COc1ccc(C(C)CCC(=O)N2CCNCC2)cc1Cl. The molecule has 1 aliphatic rings. The molecule has 0 aromatic heterocycles. The molecule has 2 rings (SSSR count). The normalized spacial score (nSPS) is 16.6.